The summed E-state index contributed by atoms with van der Waals surface area (Å²) in [4.78, 5) is 17.5. The van der Waals surface area contributed by atoms with E-state index in [1.165, 1.54) is 5.56 Å². The maximum absolute atomic E-state index is 13.0. The molecule has 1 N–H and O–H groups in total. The molecule has 2 saturated heterocycles. The van der Waals surface area contributed by atoms with Gasteiger partial charge >= 0.3 is 0 Å². The van der Waals surface area contributed by atoms with Crippen LogP contribution in [0, 0.1) is 0 Å². The molecular weight excluding hydrogens is 385 g/mol. The van der Waals surface area contributed by atoms with Gasteiger partial charge in [-0.25, -0.2) is 0 Å². The summed E-state index contributed by atoms with van der Waals surface area (Å²) in [6.45, 7) is 5.19. The number of likely N-dealkylation sites (tertiary alicyclic amines) is 1. The lowest BCUT2D eigenvalue weighted by molar-refractivity contribution is -0.135. The summed E-state index contributed by atoms with van der Waals surface area (Å²) in [6.07, 6.45) is 3.62. The minimum atomic E-state index is 0. The molecule has 2 aliphatic heterocycles. The van der Waals surface area contributed by atoms with Crippen LogP contribution in [0.5, 0.6) is 0 Å². The zero-order valence-electron chi connectivity index (χ0n) is 16.1. The average Bonchev–Trinajstić information content (AvgIpc) is 2.65. The first-order valence-corrected chi connectivity index (χ1v) is 9.55. The lowest BCUT2D eigenvalue weighted by Gasteiger charge is -2.38. The lowest BCUT2D eigenvalue weighted by Crippen LogP contribution is -2.50. The molecule has 1 unspecified atom stereocenters. The number of rotatable bonds is 6. The number of nitrogens with one attached hydrogen (secondary N) is 1. The van der Waals surface area contributed by atoms with Crippen LogP contribution >= 0.6 is 24.8 Å². The Morgan fingerprint density at radius 1 is 1.22 bits per heavy atom. The number of ether oxygens (including phenoxy) is 1. The highest BCUT2D eigenvalue weighted by Gasteiger charge is 2.28. The van der Waals surface area contributed by atoms with Crippen LogP contribution in [0.15, 0.2) is 30.3 Å². The van der Waals surface area contributed by atoms with E-state index in [0.717, 1.165) is 52.0 Å². The number of benzene rings is 1. The van der Waals surface area contributed by atoms with Crippen molar-refractivity contribution in [2.75, 3.05) is 46.4 Å². The van der Waals surface area contributed by atoms with Gasteiger partial charge in [0, 0.05) is 31.6 Å². The van der Waals surface area contributed by atoms with Gasteiger partial charge in [-0.2, -0.15) is 0 Å². The van der Waals surface area contributed by atoms with E-state index in [1.54, 1.807) is 0 Å². The average molecular weight is 418 g/mol. The summed E-state index contributed by atoms with van der Waals surface area (Å²) >= 11 is 0. The molecule has 1 atom stereocenters. The third-order valence-corrected chi connectivity index (χ3v) is 5.35. The third-order valence-electron chi connectivity index (χ3n) is 5.35. The van der Waals surface area contributed by atoms with Crippen LogP contribution in [-0.4, -0.2) is 74.2 Å². The molecule has 1 amide bonds. The van der Waals surface area contributed by atoms with Crippen LogP contribution < -0.4 is 5.32 Å². The van der Waals surface area contributed by atoms with Crippen molar-refractivity contribution in [3.63, 3.8) is 0 Å². The van der Waals surface area contributed by atoms with Gasteiger partial charge in [0.15, 0.2) is 0 Å². The summed E-state index contributed by atoms with van der Waals surface area (Å²) < 4.78 is 5.51. The highest BCUT2D eigenvalue weighted by molar-refractivity contribution is 5.85. The summed E-state index contributed by atoms with van der Waals surface area (Å²) in [5.74, 6) is 0.272. The molecule has 0 saturated carbocycles. The van der Waals surface area contributed by atoms with Crippen molar-refractivity contribution in [3.05, 3.63) is 35.9 Å². The monoisotopic (exact) mass is 417 g/mol. The molecule has 2 aliphatic rings. The van der Waals surface area contributed by atoms with Gasteiger partial charge in [-0.1, -0.05) is 30.3 Å². The molecule has 0 aliphatic carbocycles. The van der Waals surface area contributed by atoms with Crippen LogP contribution in [0.1, 0.15) is 24.8 Å². The van der Waals surface area contributed by atoms with E-state index in [4.69, 9.17) is 4.74 Å². The van der Waals surface area contributed by atoms with Gasteiger partial charge in [-0.15, -0.1) is 24.8 Å². The first-order valence-electron chi connectivity index (χ1n) is 9.55. The van der Waals surface area contributed by atoms with Crippen molar-refractivity contribution >= 4 is 30.7 Å². The van der Waals surface area contributed by atoms with Gasteiger partial charge in [0.25, 0.3) is 0 Å². The maximum atomic E-state index is 13.0. The quantitative estimate of drug-likeness (QED) is 0.771. The molecule has 0 bridgehead atoms. The molecule has 154 valence electrons. The van der Waals surface area contributed by atoms with Crippen LogP contribution in [0.4, 0.5) is 0 Å². The zero-order chi connectivity index (χ0) is 17.5. The van der Waals surface area contributed by atoms with E-state index in [1.807, 2.05) is 6.07 Å². The first kappa shape index (κ1) is 24.2. The SMILES string of the molecule is CN1CCC(N(CCc2ccccc2)C(=O)CC2COCCN2)CC1.Cl.Cl. The first-order chi connectivity index (χ1) is 12.2. The van der Waals surface area contributed by atoms with Crippen molar-refractivity contribution in [3.8, 4) is 0 Å². The molecule has 7 heteroatoms. The van der Waals surface area contributed by atoms with Crippen molar-refractivity contribution in [1.29, 1.82) is 0 Å². The number of hydrogen-bond acceptors (Lipinski definition) is 4. The Morgan fingerprint density at radius 3 is 2.56 bits per heavy atom. The molecule has 3 rings (SSSR count). The van der Waals surface area contributed by atoms with Crippen LogP contribution in [-0.2, 0) is 16.0 Å². The molecule has 0 aromatic heterocycles. The second-order valence-corrected chi connectivity index (χ2v) is 7.29. The largest absolute Gasteiger partial charge is 0.378 e. The standard InChI is InChI=1S/C20H31N3O2.2ClH/c1-22-11-8-19(9-12-22)23(13-7-17-5-3-2-4-6-17)20(24)15-18-16-25-14-10-21-18;;/h2-6,18-19,21H,7-16H2,1H3;2*1H. The number of hydrogen-bond donors (Lipinski definition) is 1. The van der Waals surface area contributed by atoms with E-state index in [2.05, 4.69) is 46.4 Å². The van der Waals surface area contributed by atoms with Gasteiger partial charge in [0.1, 0.15) is 0 Å². The number of morpholine rings is 1. The van der Waals surface area contributed by atoms with E-state index in [9.17, 15) is 4.79 Å². The minimum absolute atomic E-state index is 0. The number of carbonyl (C=O) groups excluding carboxylic acids is 1. The van der Waals surface area contributed by atoms with Crippen LogP contribution in [0.2, 0.25) is 0 Å². The van der Waals surface area contributed by atoms with Crippen LogP contribution in [0.25, 0.3) is 0 Å². The summed E-state index contributed by atoms with van der Waals surface area (Å²) in [5.41, 5.74) is 1.30. The fourth-order valence-corrected chi connectivity index (χ4v) is 3.79. The number of amides is 1. The second-order valence-electron chi connectivity index (χ2n) is 7.29. The number of halogens is 2. The Kier molecular flexibility index (Phi) is 11.3. The minimum Gasteiger partial charge on any atom is -0.378 e. The van der Waals surface area contributed by atoms with Gasteiger partial charge in [0.05, 0.1) is 13.2 Å². The Bertz CT molecular complexity index is 533. The fourth-order valence-electron chi connectivity index (χ4n) is 3.79. The highest BCUT2D eigenvalue weighted by atomic mass is 35.5. The smallest absolute Gasteiger partial charge is 0.224 e. The van der Waals surface area contributed by atoms with Crippen molar-refractivity contribution in [2.45, 2.75) is 37.8 Å². The number of nitrogens with zero attached hydrogens (tertiary/aromatic N) is 2. The lowest BCUT2D eigenvalue weighted by atomic mass is 10.0. The Hall–Kier alpha value is -0.850. The second kappa shape index (κ2) is 12.6. The van der Waals surface area contributed by atoms with E-state index in [0.29, 0.717) is 19.1 Å². The zero-order valence-corrected chi connectivity index (χ0v) is 17.8. The predicted octanol–water partition coefficient (Wildman–Crippen LogP) is 2.37. The predicted molar refractivity (Wildman–Crippen MR) is 114 cm³/mol. The Balaban J connectivity index is 0.00000182. The van der Waals surface area contributed by atoms with Crippen molar-refractivity contribution in [2.24, 2.45) is 0 Å². The molecule has 1 aromatic carbocycles. The summed E-state index contributed by atoms with van der Waals surface area (Å²) in [7, 11) is 2.16. The van der Waals surface area contributed by atoms with Gasteiger partial charge in [-0.05, 0) is 45.0 Å². The van der Waals surface area contributed by atoms with Gasteiger partial charge in [-0.3, -0.25) is 4.79 Å². The highest BCUT2D eigenvalue weighted by Crippen LogP contribution is 2.18. The Labute approximate surface area is 175 Å². The molecule has 2 fully saturated rings. The van der Waals surface area contributed by atoms with Crippen LogP contribution in [0.3, 0.4) is 0 Å². The maximum Gasteiger partial charge on any atom is 0.224 e. The molecule has 0 radical (unpaired) electrons. The molecule has 1 aromatic rings. The van der Waals surface area contributed by atoms with Crippen molar-refractivity contribution < 1.29 is 9.53 Å². The number of piperidine rings is 1. The normalized spacial score (nSPS) is 21.0. The van der Waals surface area contributed by atoms with Gasteiger partial charge < -0.3 is 19.9 Å². The van der Waals surface area contributed by atoms with E-state index < -0.39 is 0 Å². The van der Waals surface area contributed by atoms with E-state index in [-0.39, 0.29) is 36.8 Å². The molecular formula is C20H33Cl2N3O2. The summed E-state index contributed by atoms with van der Waals surface area (Å²) in [5, 5.41) is 3.41. The topological polar surface area (TPSA) is 44.8 Å². The molecule has 2 heterocycles. The van der Waals surface area contributed by atoms with Gasteiger partial charge in [0.2, 0.25) is 5.91 Å². The molecule has 5 nitrogen and oxygen atoms in total. The number of carbonyl (C=O) groups is 1. The molecule has 0 spiro atoms. The fraction of sp³-hybridized carbons (Fsp3) is 0.650. The molecule has 27 heavy (non-hydrogen) atoms. The Morgan fingerprint density at radius 2 is 1.93 bits per heavy atom. The summed E-state index contributed by atoms with van der Waals surface area (Å²) in [6, 6.07) is 11.0. The van der Waals surface area contributed by atoms with Crippen molar-refractivity contribution in [1.82, 2.24) is 15.1 Å². The third kappa shape index (κ3) is 7.59. The van der Waals surface area contributed by atoms with E-state index >= 15 is 0 Å².